The second-order valence-corrected chi connectivity index (χ2v) is 7.69. The van der Waals surface area contributed by atoms with Gasteiger partial charge in [0.1, 0.15) is 11.4 Å². The SMILES string of the molecule is CCOc1ccc(NC(=O)c2cc(-c3ccc(C)c(C)c3)nc3ccccc23)c([N+](=O)[O-])c1. The molecule has 1 N–H and O–H groups in total. The van der Waals surface area contributed by atoms with Gasteiger partial charge in [0.2, 0.25) is 0 Å². The van der Waals surface area contributed by atoms with Crippen molar-refractivity contribution in [1.29, 1.82) is 0 Å². The zero-order valence-corrected chi connectivity index (χ0v) is 18.6. The number of nitro groups is 1. The van der Waals surface area contributed by atoms with Gasteiger partial charge in [-0.2, -0.15) is 0 Å². The zero-order chi connectivity index (χ0) is 23.5. The van der Waals surface area contributed by atoms with Crippen molar-refractivity contribution in [3.8, 4) is 17.0 Å². The second-order valence-electron chi connectivity index (χ2n) is 7.69. The molecule has 0 spiro atoms. The van der Waals surface area contributed by atoms with Crippen LogP contribution in [0.15, 0.2) is 66.7 Å². The van der Waals surface area contributed by atoms with Crippen LogP contribution in [0, 0.1) is 24.0 Å². The van der Waals surface area contributed by atoms with Crippen molar-refractivity contribution >= 4 is 28.2 Å². The maximum Gasteiger partial charge on any atom is 0.296 e. The minimum absolute atomic E-state index is 0.0991. The third-order valence-electron chi connectivity index (χ3n) is 5.49. The van der Waals surface area contributed by atoms with Crippen LogP contribution in [0.25, 0.3) is 22.2 Å². The Morgan fingerprint density at radius 2 is 1.82 bits per heavy atom. The van der Waals surface area contributed by atoms with Crippen molar-refractivity contribution in [3.05, 3.63) is 93.5 Å². The molecule has 0 unspecified atom stereocenters. The van der Waals surface area contributed by atoms with Crippen molar-refractivity contribution in [2.24, 2.45) is 0 Å². The van der Waals surface area contributed by atoms with E-state index >= 15 is 0 Å². The molecule has 1 amide bonds. The summed E-state index contributed by atoms with van der Waals surface area (Å²) in [6, 6.07) is 19.5. The number of ether oxygens (including phenoxy) is 1. The van der Waals surface area contributed by atoms with E-state index in [1.165, 1.54) is 17.7 Å². The first-order valence-corrected chi connectivity index (χ1v) is 10.6. The molecule has 3 aromatic carbocycles. The van der Waals surface area contributed by atoms with Gasteiger partial charge in [-0.25, -0.2) is 4.98 Å². The fraction of sp³-hybridized carbons (Fsp3) is 0.154. The molecule has 0 fully saturated rings. The normalized spacial score (nSPS) is 10.8. The lowest BCUT2D eigenvalue weighted by Crippen LogP contribution is -2.14. The first-order valence-electron chi connectivity index (χ1n) is 10.6. The maximum atomic E-state index is 13.3. The van der Waals surface area contributed by atoms with E-state index in [4.69, 9.17) is 9.72 Å². The molecule has 0 aliphatic carbocycles. The lowest BCUT2D eigenvalue weighted by molar-refractivity contribution is -0.384. The summed E-state index contributed by atoms with van der Waals surface area (Å²) in [4.78, 5) is 29.1. The molecule has 4 aromatic rings. The minimum Gasteiger partial charge on any atom is -0.494 e. The highest BCUT2D eigenvalue weighted by Gasteiger charge is 2.20. The molecule has 0 saturated carbocycles. The van der Waals surface area contributed by atoms with Gasteiger partial charge < -0.3 is 10.1 Å². The highest BCUT2D eigenvalue weighted by molar-refractivity contribution is 6.13. The Kier molecular flexibility index (Phi) is 6.04. The number of nitro benzene ring substituents is 1. The van der Waals surface area contributed by atoms with Crippen molar-refractivity contribution in [1.82, 2.24) is 4.98 Å². The molecular weight excluding hydrogens is 418 g/mol. The fourth-order valence-electron chi connectivity index (χ4n) is 3.63. The number of pyridine rings is 1. The molecule has 0 bridgehead atoms. The summed E-state index contributed by atoms with van der Waals surface area (Å²) in [5, 5.41) is 15.0. The van der Waals surface area contributed by atoms with Gasteiger partial charge in [-0.05, 0) is 62.2 Å². The van der Waals surface area contributed by atoms with Gasteiger partial charge in [-0.3, -0.25) is 14.9 Å². The molecule has 0 aliphatic heterocycles. The Labute approximate surface area is 191 Å². The smallest absolute Gasteiger partial charge is 0.296 e. The maximum absolute atomic E-state index is 13.3. The predicted molar refractivity (Wildman–Crippen MR) is 129 cm³/mol. The average molecular weight is 441 g/mol. The van der Waals surface area contributed by atoms with Gasteiger partial charge in [0.25, 0.3) is 11.6 Å². The van der Waals surface area contributed by atoms with Gasteiger partial charge >= 0.3 is 0 Å². The van der Waals surface area contributed by atoms with Crippen LogP contribution in [0.4, 0.5) is 11.4 Å². The Morgan fingerprint density at radius 3 is 2.55 bits per heavy atom. The molecule has 7 nitrogen and oxygen atoms in total. The number of nitrogens with one attached hydrogen (secondary N) is 1. The van der Waals surface area contributed by atoms with Crippen LogP contribution < -0.4 is 10.1 Å². The number of anilines is 1. The van der Waals surface area contributed by atoms with E-state index in [9.17, 15) is 14.9 Å². The van der Waals surface area contributed by atoms with E-state index in [1.807, 2.05) is 56.3 Å². The topological polar surface area (TPSA) is 94.4 Å². The van der Waals surface area contributed by atoms with Crippen molar-refractivity contribution in [2.75, 3.05) is 11.9 Å². The van der Waals surface area contributed by atoms with Gasteiger partial charge in [0.15, 0.2) is 0 Å². The third kappa shape index (κ3) is 4.52. The molecule has 0 atom stereocenters. The Bertz CT molecular complexity index is 1380. The standard InChI is InChI=1S/C26H23N3O4/c1-4-33-19-11-12-23(25(14-19)29(31)32)28-26(30)21-15-24(18-10-9-16(2)17(3)13-18)27-22-8-6-5-7-20(21)22/h5-15H,4H2,1-3H3,(H,28,30). The van der Waals surface area contributed by atoms with E-state index in [2.05, 4.69) is 5.32 Å². The highest BCUT2D eigenvalue weighted by atomic mass is 16.6. The van der Waals surface area contributed by atoms with E-state index in [-0.39, 0.29) is 11.4 Å². The van der Waals surface area contributed by atoms with Crippen molar-refractivity contribution < 1.29 is 14.5 Å². The number of carbonyl (C=O) groups excluding carboxylic acids is 1. The molecule has 7 heteroatoms. The molecule has 4 rings (SSSR count). The molecule has 1 heterocycles. The predicted octanol–water partition coefficient (Wildman–Crippen LogP) is 6.08. The fourth-order valence-corrected chi connectivity index (χ4v) is 3.63. The summed E-state index contributed by atoms with van der Waals surface area (Å²) in [6.45, 7) is 6.24. The number of hydrogen-bond acceptors (Lipinski definition) is 5. The first-order chi connectivity index (χ1) is 15.9. The van der Waals surface area contributed by atoms with E-state index in [0.29, 0.717) is 34.5 Å². The van der Waals surface area contributed by atoms with Gasteiger partial charge in [0, 0.05) is 10.9 Å². The summed E-state index contributed by atoms with van der Waals surface area (Å²) >= 11 is 0. The van der Waals surface area contributed by atoms with Gasteiger partial charge in [0.05, 0.1) is 34.4 Å². The highest BCUT2D eigenvalue weighted by Crippen LogP contribution is 2.31. The number of amides is 1. The second kappa shape index (κ2) is 9.08. The summed E-state index contributed by atoms with van der Waals surface area (Å²) in [5.41, 5.74) is 4.76. The number of fused-ring (bicyclic) bond motifs is 1. The largest absolute Gasteiger partial charge is 0.494 e. The van der Waals surface area contributed by atoms with Gasteiger partial charge in [-0.1, -0.05) is 30.3 Å². The number of aromatic nitrogens is 1. The molecule has 0 saturated heterocycles. The summed E-state index contributed by atoms with van der Waals surface area (Å²) < 4.78 is 5.36. The zero-order valence-electron chi connectivity index (χ0n) is 18.6. The summed E-state index contributed by atoms with van der Waals surface area (Å²) in [6.07, 6.45) is 0. The molecule has 33 heavy (non-hydrogen) atoms. The van der Waals surface area contributed by atoms with Crippen LogP contribution in [-0.4, -0.2) is 22.4 Å². The van der Waals surface area contributed by atoms with Crippen LogP contribution in [0.2, 0.25) is 0 Å². The van der Waals surface area contributed by atoms with Gasteiger partial charge in [-0.15, -0.1) is 0 Å². The number of rotatable bonds is 6. The Balaban J connectivity index is 1.78. The molecular formula is C26H23N3O4. The number of aryl methyl sites for hydroxylation is 2. The van der Waals surface area contributed by atoms with E-state index in [1.54, 1.807) is 19.1 Å². The van der Waals surface area contributed by atoms with Crippen LogP contribution in [0.1, 0.15) is 28.4 Å². The number of hydrogen-bond donors (Lipinski definition) is 1. The van der Waals surface area contributed by atoms with Crippen LogP contribution in [-0.2, 0) is 0 Å². The minimum atomic E-state index is -0.538. The Morgan fingerprint density at radius 1 is 1.03 bits per heavy atom. The molecule has 0 radical (unpaired) electrons. The van der Waals surface area contributed by atoms with Crippen LogP contribution in [0.3, 0.4) is 0 Å². The average Bonchev–Trinajstić information content (AvgIpc) is 2.81. The monoisotopic (exact) mass is 441 g/mol. The van der Waals surface area contributed by atoms with E-state index in [0.717, 1.165) is 11.1 Å². The number of nitrogens with zero attached hydrogens (tertiary/aromatic N) is 2. The van der Waals surface area contributed by atoms with Crippen LogP contribution >= 0.6 is 0 Å². The third-order valence-corrected chi connectivity index (χ3v) is 5.49. The summed E-state index contributed by atoms with van der Waals surface area (Å²) in [5.74, 6) is -0.0838. The Hall–Kier alpha value is -4.26. The van der Waals surface area contributed by atoms with E-state index < -0.39 is 10.8 Å². The number of benzene rings is 3. The lowest BCUT2D eigenvalue weighted by atomic mass is 10.0. The quantitative estimate of drug-likeness (QED) is 0.289. The van der Waals surface area contributed by atoms with Crippen molar-refractivity contribution in [3.63, 3.8) is 0 Å². The van der Waals surface area contributed by atoms with Crippen molar-refractivity contribution in [2.45, 2.75) is 20.8 Å². The van der Waals surface area contributed by atoms with Crippen LogP contribution in [0.5, 0.6) is 5.75 Å². The lowest BCUT2D eigenvalue weighted by Gasteiger charge is -2.12. The number of carbonyl (C=O) groups is 1. The summed E-state index contributed by atoms with van der Waals surface area (Å²) in [7, 11) is 0. The first kappa shape index (κ1) is 22.0. The molecule has 166 valence electrons. The number of para-hydroxylation sites is 1. The molecule has 0 aliphatic rings. The molecule has 1 aromatic heterocycles.